The predicted octanol–water partition coefficient (Wildman–Crippen LogP) is 4.45. The molecule has 0 aliphatic carbocycles. The molecule has 3 aromatic rings. The van der Waals surface area contributed by atoms with Gasteiger partial charge in [0.25, 0.3) is 0 Å². The van der Waals surface area contributed by atoms with Crippen molar-refractivity contribution in [3.05, 3.63) is 77.4 Å². The first-order chi connectivity index (χ1) is 11.2. The van der Waals surface area contributed by atoms with Crippen molar-refractivity contribution in [2.75, 3.05) is 7.11 Å². The van der Waals surface area contributed by atoms with E-state index >= 15 is 0 Å². The highest BCUT2D eigenvalue weighted by Crippen LogP contribution is 2.18. The van der Waals surface area contributed by atoms with Crippen LogP contribution in [0.4, 0.5) is 0 Å². The highest BCUT2D eigenvalue weighted by Gasteiger charge is 2.01. The Morgan fingerprint density at radius 3 is 2.13 bits per heavy atom. The minimum atomic E-state index is 0.0790. The third-order valence-electron chi connectivity index (χ3n) is 3.69. The molecular formula is C21H16O2. The molecule has 0 radical (unpaired) electrons. The van der Waals surface area contributed by atoms with E-state index in [9.17, 15) is 4.79 Å². The summed E-state index contributed by atoms with van der Waals surface area (Å²) >= 11 is 0. The Bertz CT molecular complexity index is 925. The van der Waals surface area contributed by atoms with Crippen molar-refractivity contribution in [3.63, 3.8) is 0 Å². The molecule has 0 aliphatic heterocycles. The van der Waals surface area contributed by atoms with E-state index in [4.69, 9.17) is 4.74 Å². The number of ether oxygens (including phenoxy) is 1. The van der Waals surface area contributed by atoms with Gasteiger partial charge < -0.3 is 4.74 Å². The summed E-state index contributed by atoms with van der Waals surface area (Å²) in [5, 5.41) is 2.13. The Balaban J connectivity index is 1.90. The van der Waals surface area contributed by atoms with Crippen LogP contribution in [-0.4, -0.2) is 12.9 Å². The van der Waals surface area contributed by atoms with Crippen molar-refractivity contribution in [1.29, 1.82) is 0 Å². The van der Waals surface area contributed by atoms with Gasteiger partial charge in [-0.05, 0) is 60.2 Å². The molecule has 3 aromatic carbocycles. The van der Waals surface area contributed by atoms with Crippen LogP contribution in [0.2, 0.25) is 0 Å². The highest BCUT2D eigenvalue weighted by molar-refractivity contribution is 5.98. The summed E-state index contributed by atoms with van der Waals surface area (Å²) in [4.78, 5) is 11.4. The number of hydrogen-bond donors (Lipinski definition) is 0. The quantitative estimate of drug-likeness (QED) is 0.516. The second-order valence-electron chi connectivity index (χ2n) is 5.31. The van der Waals surface area contributed by atoms with Crippen LogP contribution in [0, 0.1) is 11.8 Å². The first-order valence-corrected chi connectivity index (χ1v) is 7.36. The van der Waals surface area contributed by atoms with Gasteiger partial charge in [0.2, 0.25) is 0 Å². The largest absolute Gasteiger partial charge is 0.497 e. The zero-order valence-corrected chi connectivity index (χ0v) is 13.1. The summed E-state index contributed by atoms with van der Waals surface area (Å²) in [7, 11) is 1.65. The maximum Gasteiger partial charge on any atom is 0.159 e. The van der Waals surface area contributed by atoms with Crippen molar-refractivity contribution in [2.45, 2.75) is 6.92 Å². The lowest BCUT2D eigenvalue weighted by molar-refractivity contribution is 0.101. The van der Waals surface area contributed by atoms with Crippen molar-refractivity contribution in [2.24, 2.45) is 0 Å². The summed E-state index contributed by atoms with van der Waals surface area (Å²) in [5.41, 5.74) is 2.62. The lowest BCUT2D eigenvalue weighted by Crippen LogP contribution is -1.91. The van der Waals surface area contributed by atoms with Crippen LogP contribution < -0.4 is 4.74 Å². The van der Waals surface area contributed by atoms with Gasteiger partial charge in [-0.3, -0.25) is 4.79 Å². The molecule has 0 fully saturated rings. The zero-order chi connectivity index (χ0) is 16.2. The van der Waals surface area contributed by atoms with Gasteiger partial charge in [0.1, 0.15) is 5.75 Å². The minimum Gasteiger partial charge on any atom is -0.497 e. The lowest BCUT2D eigenvalue weighted by atomic mass is 10.0. The molecule has 0 aromatic heterocycles. The van der Waals surface area contributed by atoms with Crippen molar-refractivity contribution in [3.8, 4) is 17.6 Å². The molecule has 3 rings (SSSR count). The van der Waals surface area contributed by atoms with Crippen LogP contribution in [0.5, 0.6) is 5.75 Å². The molecule has 2 nitrogen and oxygen atoms in total. The summed E-state index contributed by atoms with van der Waals surface area (Å²) < 4.78 is 5.13. The van der Waals surface area contributed by atoms with Gasteiger partial charge in [-0.2, -0.15) is 0 Å². The Morgan fingerprint density at radius 1 is 0.826 bits per heavy atom. The number of benzene rings is 3. The van der Waals surface area contributed by atoms with Crippen LogP contribution >= 0.6 is 0 Å². The van der Waals surface area contributed by atoms with Crippen molar-refractivity contribution in [1.82, 2.24) is 0 Å². The molecule has 112 valence electrons. The van der Waals surface area contributed by atoms with Gasteiger partial charge in [0.05, 0.1) is 7.11 Å². The minimum absolute atomic E-state index is 0.0790. The second-order valence-corrected chi connectivity index (χ2v) is 5.31. The summed E-state index contributed by atoms with van der Waals surface area (Å²) in [6.07, 6.45) is 0. The van der Waals surface area contributed by atoms with Gasteiger partial charge in [-0.25, -0.2) is 0 Å². The summed E-state index contributed by atoms with van der Waals surface area (Å²) in [6, 6.07) is 19.4. The molecule has 23 heavy (non-hydrogen) atoms. The topological polar surface area (TPSA) is 26.3 Å². The number of carbonyl (C=O) groups is 1. The molecule has 0 amide bonds. The fraction of sp³-hybridized carbons (Fsp3) is 0.0952. The van der Waals surface area contributed by atoms with E-state index in [2.05, 4.69) is 11.8 Å². The van der Waals surface area contributed by atoms with Crippen LogP contribution in [0.3, 0.4) is 0 Å². The zero-order valence-electron chi connectivity index (χ0n) is 13.1. The molecule has 0 atom stereocenters. The second kappa shape index (κ2) is 6.37. The van der Waals surface area contributed by atoms with E-state index in [0.29, 0.717) is 0 Å². The fourth-order valence-electron chi connectivity index (χ4n) is 2.36. The Labute approximate surface area is 135 Å². The molecule has 0 bridgehead atoms. The predicted molar refractivity (Wildman–Crippen MR) is 92.9 cm³/mol. The average Bonchev–Trinajstić information content (AvgIpc) is 2.59. The fourth-order valence-corrected chi connectivity index (χ4v) is 2.36. The third kappa shape index (κ3) is 3.41. The van der Waals surface area contributed by atoms with Crippen molar-refractivity contribution >= 4 is 16.6 Å². The Hall–Kier alpha value is -3.05. The smallest absolute Gasteiger partial charge is 0.159 e. The number of fused-ring (bicyclic) bond motifs is 1. The Kier molecular flexibility index (Phi) is 4.12. The van der Waals surface area contributed by atoms with Gasteiger partial charge in [0, 0.05) is 16.7 Å². The molecule has 0 N–H and O–H groups in total. The van der Waals surface area contributed by atoms with Gasteiger partial charge in [0.15, 0.2) is 5.78 Å². The maximum atomic E-state index is 11.4. The van der Waals surface area contributed by atoms with E-state index in [1.54, 1.807) is 14.0 Å². The average molecular weight is 300 g/mol. The van der Waals surface area contributed by atoms with Crippen LogP contribution in [-0.2, 0) is 0 Å². The lowest BCUT2D eigenvalue weighted by Gasteiger charge is -2.01. The standard InChI is InChI=1S/C21H16O2/c1-15(22)18-9-10-19-13-17(5-8-20(19)14-18)4-3-16-6-11-21(23-2)12-7-16/h5-14H,1-2H3. The van der Waals surface area contributed by atoms with E-state index in [-0.39, 0.29) is 5.78 Å². The first kappa shape index (κ1) is 14.9. The molecule has 0 spiro atoms. The third-order valence-corrected chi connectivity index (χ3v) is 3.69. The normalized spacial score (nSPS) is 10.0. The summed E-state index contributed by atoms with van der Waals surface area (Å²) in [6.45, 7) is 1.58. The number of carbonyl (C=O) groups excluding carboxylic acids is 1. The van der Waals surface area contributed by atoms with E-state index in [1.165, 1.54) is 0 Å². The van der Waals surface area contributed by atoms with Gasteiger partial charge >= 0.3 is 0 Å². The van der Waals surface area contributed by atoms with Crippen LogP contribution in [0.1, 0.15) is 28.4 Å². The molecule has 0 unspecified atom stereocenters. The van der Waals surface area contributed by atoms with Crippen LogP contribution in [0.25, 0.3) is 10.8 Å². The Morgan fingerprint density at radius 2 is 1.43 bits per heavy atom. The number of rotatable bonds is 2. The van der Waals surface area contributed by atoms with E-state index in [0.717, 1.165) is 33.2 Å². The van der Waals surface area contributed by atoms with E-state index in [1.807, 2.05) is 60.7 Å². The SMILES string of the molecule is COc1ccc(C#Cc2ccc3cc(C(C)=O)ccc3c2)cc1. The number of methoxy groups -OCH3 is 1. The maximum absolute atomic E-state index is 11.4. The summed E-state index contributed by atoms with van der Waals surface area (Å²) in [5.74, 6) is 7.22. The van der Waals surface area contributed by atoms with Gasteiger partial charge in [-0.1, -0.05) is 30.0 Å². The van der Waals surface area contributed by atoms with Crippen molar-refractivity contribution < 1.29 is 9.53 Å². The molecule has 2 heteroatoms. The molecule has 0 heterocycles. The van der Waals surface area contributed by atoms with Gasteiger partial charge in [-0.15, -0.1) is 0 Å². The molecule has 0 saturated carbocycles. The van der Waals surface area contributed by atoms with E-state index < -0.39 is 0 Å². The first-order valence-electron chi connectivity index (χ1n) is 7.36. The molecule has 0 aliphatic rings. The number of hydrogen-bond acceptors (Lipinski definition) is 2. The highest BCUT2D eigenvalue weighted by atomic mass is 16.5. The molecular weight excluding hydrogens is 284 g/mol. The number of ketones is 1. The monoisotopic (exact) mass is 300 g/mol. The molecule has 0 saturated heterocycles. The number of Topliss-reactive ketones (excluding diaryl/α,β-unsaturated/α-hetero) is 1. The van der Waals surface area contributed by atoms with Crippen LogP contribution in [0.15, 0.2) is 60.7 Å².